The van der Waals surface area contributed by atoms with Crippen molar-refractivity contribution in [3.63, 3.8) is 0 Å². The molecule has 0 aliphatic heterocycles. The fraction of sp³-hybridized carbons (Fsp3) is 0.556. The van der Waals surface area contributed by atoms with Crippen LogP contribution in [0.4, 0.5) is 0 Å². The number of aryl methyl sites for hydroxylation is 1. The maximum Gasteiger partial charge on any atom is 0.348 e. The monoisotopic (exact) mass is 472 g/mol. The number of aliphatic hydroxyl groups is 2. The summed E-state index contributed by atoms with van der Waals surface area (Å²) in [5.41, 5.74) is 2.00. The molecular weight excluding hydrogens is 436 g/mol. The summed E-state index contributed by atoms with van der Waals surface area (Å²) in [4.78, 5) is 26.2. The van der Waals surface area contributed by atoms with E-state index in [4.69, 9.17) is 9.84 Å². The highest BCUT2D eigenvalue weighted by Gasteiger charge is 2.35. The van der Waals surface area contributed by atoms with Crippen LogP contribution in [0, 0.1) is 5.92 Å². The van der Waals surface area contributed by atoms with Crippen molar-refractivity contribution in [2.75, 3.05) is 13.2 Å². The van der Waals surface area contributed by atoms with Gasteiger partial charge in [-0.1, -0.05) is 50.5 Å². The molecule has 5 nitrogen and oxygen atoms in total. The molecule has 0 saturated heterocycles. The average Bonchev–Trinajstić information content (AvgIpc) is 3.44. The van der Waals surface area contributed by atoms with Crippen molar-refractivity contribution in [3.8, 4) is 0 Å². The Kier molecular flexibility index (Phi) is 10.1. The van der Waals surface area contributed by atoms with E-state index in [2.05, 4.69) is 6.92 Å². The summed E-state index contributed by atoms with van der Waals surface area (Å²) in [6.07, 6.45) is 8.02. The Balaban J connectivity index is 1.53. The predicted molar refractivity (Wildman–Crippen MR) is 131 cm³/mol. The lowest BCUT2D eigenvalue weighted by Crippen LogP contribution is -2.13. The molecule has 0 bridgehead atoms. The number of carbonyl (C=O) groups excluding carboxylic acids is 2. The number of ether oxygens (including phenoxy) is 1. The number of benzene rings is 1. The van der Waals surface area contributed by atoms with Crippen LogP contribution in [-0.2, 0) is 16.0 Å². The minimum absolute atomic E-state index is 0.0158. The van der Waals surface area contributed by atoms with Crippen LogP contribution in [0.25, 0.3) is 0 Å². The molecule has 1 saturated carbocycles. The summed E-state index contributed by atoms with van der Waals surface area (Å²) in [7, 11) is 0. The SMILES string of the molecule is CCCCCC(O)c1ccc([C@H]2C(=O)CC[C@@H]2CCCc2ccc(C(=O)OCCO)s2)cc1. The standard InChI is InChI=1S/C27H36O5S/c1-2-3-4-8-23(29)19-9-11-21(12-10-19)26-20(13-15-24(26)30)6-5-7-22-14-16-25(33-22)27(31)32-18-17-28/h9-12,14,16,20,23,26,28-29H,2-8,13,15,17-18H2,1H3/t20-,23?,26-/m0/s1. The highest BCUT2D eigenvalue weighted by Crippen LogP contribution is 2.40. The van der Waals surface area contributed by atoms with Crippen LogP contribution in [0.1, 0.15) is 96.0 Å². The summed E-state index contributed by atoms with van der Waals surface area (Å²) < 4.78 is 4.97. The van der Waals surface area contributed by atoms with Gasteiger partial charge in [-0.05, 0) is 61.3 Å². The van der Waals surface area contributed by atoms with Gasteiger partial charge in [0.05, 0.1) is 12.7 Å². The molecule has 1 aliphatic carbocycles. The molecule has 1 aromatic carbocycles. The molecule has 180 valence electrons. The lowest BCUT2D eigenvalue weighted by Gasteiger charge is -2.20. The number of aliphatic hydroxyl groups excluding tert-OH is 2. The van der Waals surface area contributed by atoms with Gasteiger partial charge in [0, 0.05) is 17.2 Å². The molecule has 2 aromatic rings. The van der Waals surface area contributed by atoms with E-state index >= 15 is 0 Å². The second-order valence-corrected chi connectivity index (χ2v) is 10.1. The zero-order chi connectivity index (χ0) is 23.6. The molecule has 0 amide bonds. The van der Waals surface area contributed by atoms with Crippen LogP contribution < -0.4 is 0 Å². The molecule has 0 radical (unpaired) electrons. The van der Waals surface area contributed by atoms with E-state index in [0.717, 1.165) is 67.4 Å². The molecule has 1 heterocycles. The Hall–Kier alpha value is -2.02. The zero-order valence-corrected chi connectivity index (χ0v) is 20.3. The second kappa shape index (κ2) is 13.0. The Morgan fingerprint density at radius 3 is 2.67 bits per heavy atom. The maximum absolute atomic E-state index is 12.7. The predicted octanol–water partition coefficient (Wildman–Crippen LogP) is 5.60. The van der Waals surface area contributed by atoms with E-state index in [1.807, 2.05) is 30.3 Å². The summed E-state index contributed by atoms with van der Waals surface area (Å²) in [6.45, 7) is 2.00. The fourth-order valence-electron chi connectivity index (χ4n) is 4.73. The zero-order valence-electron chi connectivity index (χ0n) is 19.5. The van der Waals surface area contributed by atoms with E-state index < -0.39 is 6.10 Å². The smallest absolute Gasteiger partial charge is 0.348 e. The molecule has 1 aromatic heterocycles. The topological polar surface area (TPSA) is 83.8 Å². The minimum atomic E-state index is -0.433. The van der Waals surface area contributed by atoms with Crippen LogP contribution >= 0.6 is 11.3 Å². The molecule has 3 rings (SSSR count). The molecular formula is C27H36O5S. The van der Waals surface area contributed by atoms with E-state index in [1.165, 1.54) is 11.3 Å². The summed E-state index contributed by atoms with van der Waals surface area (Å²) in [6, 6.07) is 11.8. The number of Topliss-reactive ketones (excluding diaryl/α,β-unsaturated/α-hetero) is 1. The van der Waals surface area contributed by atoms with Crippen LogP contribution in [0.5, 0.6) is 0 Å². The van der Waals surface area contributed by atoms with Gasteiger partial charge in [0.25, 0.3) is 0 Å². The van der Waals surface area contributed by atoms with Crippen molar-refractivity contribution in [1.29, 1.82) is 0 Å². The molecule has 2 N–H and O–H groups in total. The van der Waals surface area contributed by atoms with Crippen LogP contribution in [-0.4, -0.2) is 35.2 Å². The number of rotatable bonds is 13. The minimum Gasteiger partial charge on any atom is -0.459 e. The third-order valence-electron chi connectivity index (χ3n) is 6.53. The van der Waals surface area contributed by atoms with Crippen LogP contribution in [0.15, 0.2) is 36.4 Å². The first-order chi connectivity index (χ1) is 16.0. The largest absolute Gasteiger partial charge is 0.459 e. The second-order valence-electron chi connectivity index (χ2n) is 8.94. The highest BCUT2D eigenvalue weighted by atomic mass is 32.1. The maximum atomic E-state index is 12.7. The summed E-state index contributed by atoms with van der Waals surface area (Å²) in [5.74, 6) is 0.220. The lowest BCUT2D eigenvalue weighted by molar-refractivity contribution is -0.119. The van der Waals surface area contributed by atoms with Crippen LogP contribution in [0.3, 0.4) is 0 Å². The molecule has 33 heavy (non-hydrogen) atoms. The van der Waals surface area contributed by atoms with Gasteiger partial charge in [-0.15, -0.1) is 11.3 Å². The fourth-order valence-corrected chi connectivity index (χ4v) is 5.67. The highest BCUT2D eigenvalue weighted by molar-refractivity contribution is 7.13. The number of ketones is 1. The van der Waals surface area contributed by atoms with Crippen molar-refractivity contribution in [3.05, 3.63) is 57.3 Å². The number of carbonyl (C=O) groups is 2. The van der Waals surface area contributed by atoms with Gasteiger partial charge >= 0.3 is 5.97 Å². The third-order valence-corrected chi connectivity index (χ3v) is 7.65. The molecule has 1 unspecified atom stereocenters. The number of unbranched alkanes of at least 4 members (excludes halogenated alkanes) is 2. The summed E-state index contributed by atoms with van der Waals surface area (Å²) in [5, 5.41) is 19.2. The van der Waals surface area contributed by atoms with Crippen LogP contribution in [0.2, 0.25) is 0 Å². The Labute approximate surface area is 200 Å². The first-order valence-electron chi connectivity index (χ1n) is 12.2. The summed E-state index contributed by atoms with van der Waals surface area (Å²) >= 11 is 1.44. The molecule has 3 atom stereocenters. The van der Waals surface area contributed by atoms with Crippen molar-refractivity contribution >= 4 is 23.1 Å². The molecule has 6 heteroatoms. The number of hydrogen-bond donors (Lipinski definition) is 2. The average molecular weight is 473 g/mol. The van der Waals surface area contributed by atoms with Gasteiger partial charge in [-0.2, -0.15) is 0 Å². The van der Waals surface area contributed by atoms with Crippen molar-refractivity contribution in [2.24, 2.45) is 5.92 Å². The van der Waals surface area contributed by atoms with Crippen molar-refractivity contribution in [1.82, 2.24) is 0 Å². The quantitative estimate of drug-likeness (QED) is 0.293. The van der Waals surface area contributed by atoms with Gasteiger partial charge in [-0.3, -0.25) is 4.79 Å². The van der Waals surface area contributed by atoms with Gasteiger partial charge in [0.2, 0.25) is 0 Å². The normalized spacial score (nSPS) is 19.1. The van der Waals surface area contributed by atoms with E-state index in [-0.39, 0.29) is 25.1 Å². The van der Waals surface area contributed by atoms with Gasteiger partial charge in [-0.25, -0.2) is 4.79 Å². The Morgan fingerprint density at radius 1 is 1.15 bits per heavy atom. The third kappa shape index (κ3) is 7.23. The number of hydrogen-bond acceptors (Lipinski definition) is 6. The number of esters is 1. The van der Waals surface area contributed by atoms with Gasteiger partial charge < -0.3 is 14.9 Å². The Bertz CT molecular complexity index is 888. The van der Waals surface area contributed by atoms with E-state index in [1.54, 1.807) is 6.07 Å². The van der Waals surface area contributed by atoms with Gasteiger partial charge in [0.15, 0.2) is 0 Å². The lowest BCUT2D eigenvalue weighted by atomic mass is 9.84. The number of thiophene rings is 1. The Morgan fingerprint density at radius 2 is 1.94 bits per heavy atom. The molecule has 1 fully saturated rings. The van der Waals surface area contributed by atoms with Crippen molar-refractivity contribution in [2.45, 2.75) is 76.7 Å². The first kappa shape index (κ1) is 25.6. The molecule has 0 spiro atoms. The van der Waals surface area contributed by atoms with E-state index in [0.29, 0.717) is 23.0 Å². The van der Waals surface area contributed by atoms with Crippen molar-refractivity contribution < 1.29 is 24.5 Å². The molecule has 1 aliphatic rings. The van der Waals surface area contributed by atoms with Gasteiger partial charge in [0.1, 0.15) is 17.3 Å². The first-order valence-corrected chi connectivity index (χ1v) is 13.0. The van der Waals surface area contributed by atoms with E-state index in [9.17, 15) is 14.7 Å².